The number of carbonyl (C=O) groups excluding carboxylic acids is 1. The lowest BCUT2D eigenvalue weighted by molar-refractivity contribution is -0.126. The molecular formula is C23H26N2O3. The third-order valence-electron chi connectivity index (χ3n) is 6.91. The highest BCUT2D eigenvalue weighted by atomic mass is 16.5. The van der Waals surface area contributed by atoms with E-state index in [0.717, 1.165) is 49.5 Å². The molecule has 1 amide bonds. The second kappa shape index (κ2) is 6.52. The quantitative estimate of drug-likeness (QED) is 0.815. The Labute approximate surface area is 165 Å². The van der Waals surface area contributed by atoms with Crippen LogP contribution in [0.5, 0.6) is 11.5 Å². The highest BCUT2D eigenvalue weighted by Crippen LogP contribution is 2.56. The van der Waals surface area contributed by atoms with E-state index in [9.17, 15) is 4.79 Å². The molecule has 3 fully saturated rings. The van der Waals surface area contributed by atoms with Gasteiger partial charge in [-0.05, 0) is 55.6 Å². The van der Waals surface area contributed by atoms with Gasteiger partial charge in [0.25, 0.3) is 0 Å². The molecule has 5 rings (SSSR count). The monoisotopic (exact) mass is 378 g/mol. The molecule has 3 aliphatic rings. The smallest absolute Gasteiger partial charge is 0.247 e. The maximum absolute atomic E-state index is 13.7. The number of hydrogen-bond donors (Lipinski definition) is 0. The summed E-state index contributed by atoms with van der Waals surface area (Å²) < 4.78 is 10.7. The van der Waals surface area contributed by atoms with Crippen LogP contribution in [0.25, 0.3) is 0 Å². The Balaban J connectivity index is 1.46. The molecule has 2 aromatic carbocycles. The summed E-state index contributed by atoms with van der Waals surface area (Å²) >= 11 is 0. The first-order chi connectivity index (χ1) is 13.7. The zero-order chi connectivity index (χ0) is 19.3. The molecule has 3 saturated heterocycles. The Morgan fingerprint density at radius 2 is 1.82 bits per heavy atom. The maximum Gasteiger partial charge on any atom is 0.247 e. The minimum atomic E-state index is -0.340. The summed E-state index contributed by atoms with van der Waals surface area (Å²) in [4.78, 5) is 18.2. The lowest BCUT2D eigenvalue weighted by Gasteiger charge is -2.33. The second-order valence-corrected chi connectivity index (χ2v) is 8.06. The lowest BCUT2D eigenvalue weighted by atomic mass is 9.85. The number of benzene rings is 2. The Hall–Kier alpha value is -2.53. The molecule has 5 heteroatoms. The number of rotatable bonds is 4. The number of methoxy groups -OCH3 is 2. The highest BCUT2D eigenvalue weighted by Gasteiger charge is 2.65. The van der Waals surface area contributed by atoms with Gasteiger partial charge in [-0.2, -0.15) is 0 Å². The third kappa shape index (κ3) is 2.39. The predicted molar refractivity (Wildman–Crippen MR) is 108 cm³/mol. The van der Waals surface area contributed by atoms with Crippen LogP contribution in [-0.4, -0.2) is 43.7 Å². The first-order valence-corrected chi connectivity index (χ1v) is 10.0. The molecule has 0 unspecified atom stereocenters. The third-order valence-corrected chi connectivity index (χ3v) is 6.91. The van der Waals surface area contributed by atoms with E-state index < -0.39 is 0 Å². The van der Waals surface area contributed by atoms with Crippen LogP contribution in [0.15, 0.2) is 48.5 Å². The minimum absolute atomic E-state index is 0.263. The molecule has 3 heterocycles. The normalized spacial score (nSPS) is 29.1. The Bertz CT molecular complexity index is 897. The number of carbonyl (C=O) groups is 1. The van der Waals surface area contributed by atoms with E-state index in [4.69, 9.17) is 9.47 Å². The Morgan fingerprint density at radius 3 is 2.57 bits per heavy atom. The molecular weight excluding hydrogens is 352 g/mol. The zero-order valence-electron chi connectivity index (χ0n) is 16.4. The van der Waals surface area contributed by atoms with Crippen molar-refractivity contribution in [3.63, 3.8) is 0 Å². The van der Waals surface area contributed by atoms with Crippen LogP contribution in [0.2, 0.25) is 0 Å². The maximum atomic E-state index is 13.7. The largest absolute Gasteiger partial charge is 0.497 e. The Kier molecular flexibility index (Phi) is 4.09. The average molecular weight is 378 g/mol. The molecule has 0 bridgehead atoms. The van der Waals surface area contributed by atoms with Gasteiger partial charge >= 0.3 is 0 Å². The second-order valence-electron chi connectivity index (χ2n) is 8.06. The van der Waals surface area contributed by atoms with Crippen LogP contribution in [0.4, 0.5) is 5.69 Å². The van der Waals surface area contributed by atoms with E-state index in [0.29, 0.717) is 12.0 Å². The number of amides is 1. The predicted octanol–water partition coefficient (Wildman–Crippen LogP) is 3.65. The molecule has 0 radical (unpaired) electrons. The molecule has 3 aliphatic heterocycles. The molecule has 0 N–H and O–H groups in total. The van der Waals surface area contributed by atoms with Crippen LogP contribution in [0.3, 0.4) is 0 Å². The van der Waals surface area contributed by atoms with Gasteiger partial charge in [0, 0.05) is 30.3 Å². The van der Waals surface area contributed by atoms with Gasteiger partial charge in [-0.1, -0.05) is 18.2 Å². The van der Waals surface area contributed by atoms with Gasteiger partial charge in [0.05, 0.1) is 14.2 Å². The summed E-state index contributed by atoms with van der Waals surface area (Å²) in [6, 6.07) is 16.5. The van der Waals surface area contributed by atoms with Crippen LogP contribution in [0, 0.1) is 5.92 Å². The van der Waals surface area contributed by atoms with Crippen molar-refractivity contribution < 1.29 is 14.3 Å². The van der Waals surface area contributed by atoms with Gasteiger partial charge < -0.3 is 14.4 Å². The fourth-order valence-corrected chi connectivity index (χ4v) is 5.64. The number of hydrogen-bond acceptors (Lipinski definition) is 4. The minimum Gasteiger partial charge on any atom is -0.497 e. The van der Waals surface area contributed by atoms with E-state index >= 15 is 0 Å². The number of anilines is 1. The van der Waals surface area contributed by atoms with Crippen LogP contribution >= 0.6 is 0 Å². The van der Waals surface area contributed by atoms with Crippen molar-refractivity contribution in [2.45, 2.75) is 30.8 Å². The van der Waals surface area contributed by atoms with Crippen molar-refractivity contribution >= 4 is 11.6 Å². The molecule has 0 saturated carbocycles. The van der Waals surface area contributed by atoms with Crippen molar-refractivity contribution in [1.29, 1.82) is 0 Å². The summed E-state index contributed by atoms with van der Waals surface area (Å²) in [5.41, 5.74) is 1.89. The van der Waals surface area contributed by atoms with Gasteiger partial charge in [-0.25, -0.2) is 0 Å². The molecule has 5 nitrogen and oxygen atoms in total. The van der Waals surface area contributed by atoms with E-state index in [1.807, 2.05) is 41.3 Å². The van der Waals surface area contributed by atoms with Crippen molar-refractivity contribution in [2.75, 3.05) is 32.2 Å². The SMILES string of the molecule is COc1ccc([C@@H]2C[C@H]3CN(c4cccc(OC)c4)C(=O)[C@]34CCCN24)cc1. The molecule has 0 aliphatic carbocycles. The van der Waals surface area contributed by atoms with Crippen molar-refractivity contribution in [3.8, 4) is 11.5 Å². The van der Waals surface area contributed by atoms with Gasteiger partial charge in [0.15, 0.2) is 0 Å². The van der Waals surface area contributed by atoms with Crippen molar-refractivity contribution in [2.24, 2.45) is 5.92 Å². The van der Waals surface area contributed by atoms with Crippen LogP contribution in [-0.2, 0) is 4.79 Å². The summed E-state index contributed by atoms with van der Waals surface area (Å²) in [6.45, 7) is 1.78. The Morgan fingerprint density at radius 1 is 1.04 bits per heavy atom. The summed E-state index contributed by atoms with van der Waals surface area (Å²) in [5.74, 6) is 2.29. The first kappa shape index (κ1) is 17.6. The number of nitrogens with zero attached hydrogens (tertiary/aromatic N) is 2. The standard InChI is InChI=1S/C23H26N2O3/c1-27-19-9-7-16(8-10-19)21-13-17-15-24(18-5-3-6-20(14-18)28-2)22(26)23(17)11-4-12-25(21)23/h3,5-10,14,17,21H,4,11-13,15H2,1-2H3/t17-,21-,23-/m0/s1. The molecule has 1 spiro atoms. The van der Waals surface area contributed by atoms with E-state index in [2.05, 4.69) is 17.0 Å². The summed E-state index contributed by atoms with van der Waals surface area (Å²) in [6.07, 6.45) is 3.07. The molecule has 28 heavy (non-hydrogen) atoms. The fourth-order valence-electron chi connectivity index (χ4n) is 5.64. The highest BCUT2D eigenvalue weighted by molar-refractivity contribution is 6.04. The van der Waals surface area contributed by atoms with Gasteiger partial charge in [-0.15, -0.1) is 0 Å². The average Bonchev–Trinajstić information content (AvgIpc) is 3.38. The molecule has 2 aromatic rings. The zero-order valence-corrected chi connectivity index (χ0v) is 16.4. The number of ether oxygens (including phenoxy) is 2. The summed E-state index contributed by atoms with van der Waals surface area (Å²) in [7, 11) is 3.35. The lowest BCUT2D eigenvalue weighted by Crippen LogP contribution is -2.49. The molecule has 3 atom stereocenters. The molecule has 146 valence electrons. The van der Waals surface area contributed by atoms with Crippen LogP contribution in [0.1, 0.15) is 30.9 Å². The van der Waals surface area contributed by atoms with Gasteiger partial charge in [0.2, 0.25) is 5.91 Å². The van der Waals surface area contributed by atoms with E-state index in [-0.39, 0.29) is 11.4 Å². The topological polar surface area (TPSA) is 42.0 Å². The van der Waals surface area contributed by atoms with Gasteiger partial charge in [-0.3, -0.25) is 9.69 Å². The van der Waals surface area contributed by atoms with Crippen molar-refractivity contribution in [1.82, 2.24) is 4.90 Å². The fraction of sp³-hybridized carbons (Fsp3) is 0.435. The van der Waals surface area contributed by atoms with Crippen molar-refractivity contribution in [3.05, 3.63) is 54.1 Å². The first-order valence-electron chi connectivity index (χ1n) is 10.0. The van der Waals surface area contributed by atoms with E-state index in [1.165, 1.54) is 5.56 Å². The molecule has 0 aromatic heterocycles. The summed E-state index contributed by atoms with van der Waals surface area (Å²) in [5, 5.41) is 0. The van der Waals surface area contributed by atoms with Gasteiger partial charge in [0.1, 0.15) is 17.0 Å². The van der Waals surface area contributed by atoms with Crippen LogP contribution < -0.4 is 14.4 Å². The van der Waals surface area contributed by atoms with E-state index in [1.54, 1.807) is 14.2 Å².